The molecule has 1 N–H and O–H groups in total. The van der Waals surface area contributed by atoms with Gasteiger partial charge >= 0.3 is 0 Å². The monoisotopic (exact) mass is 328 g/mol. The molecule has 1 aliphatic rings. The van der Waals surface area contributed by atoms with Crippen LogP contribution in [-0.2, 0) is 18.4 Å². The minimum absolute atomic E-state index is 0.0542. The highest BCUT2D eigenvalue weighted by atomic mass is 16.2. The van der Waals surface area contributed by atoms with Crippen molar-refractivity contribution in [3.05, 3.63) is 41.7 Å². The van der Waals surface area contributed by atoms with E-state index in [1.165, 1.54) is 6.92 Å². The molecule has 1 saturated heterocycles. The summed E-state index contributed by atoms with van der Waals surface area (Å²) in [4.78, 5) is 34.4. The van der Waals surface area contributed by atoms with E-state index in [0.717, 1.165) is 18.5 Å². The lowest BCUT2D eigenvalue weighted by molar-refractivity contribution is -0.119. The van der Waals surface area contributed by atoms with Crippen molar-refractivity contribution < 1.29 is 9.59 Å². The number of aromatic nitrogens is 4. The van der Waals surface area contributed by atoms with Crippen LogP contribution in [0, 0.1) is 0 Å². The van der Waals surface area contributed by atoms with Crippen LogP contribution in [0.25, 0.3) is 0 Å². The molecule has 0 radical (unpaired) electrons. The van der Waals surface area contributed by atoms with Crippen molar-refractivity contribution in [1.29, 1.82) is 0 Å². The molecule has 2 amide bonds. The molecule has 1 aliphatic heterocycles. The molecule has 0 aliphatic carbocycles. The molecule has 0 spiro atoms. The summed E-state index contributed by atoms with van der Waals surface area (Å²) in [5.41, 5.74) is 1.30. The number of carbonyl (C=O) groups excluding carboxylic acids is 2. The van der Waals surface area contributed by atoms with Crippen LogP contribution in [0.5, 0.6) is 0 Å². The van der Waals surface area contributed by atoms with Crippen molar-refractivity contribution in [2.75, 3.05) is 6.54 Å². The number of aryl methyl sites for hydroxylation is 1. The van der Waals surface area contributed by atoms with E-state index in [-0.39, 0.29) is 17.9 Å². The molecule has 8 heteroatoms. The third-order valence-corrected chi connectivity index (χ3v) is 4.01. The number of hydrogen-bond donors (Lipinski definition) is 1. The van der Waals surface area contributed by atoms with Crippen LogP contribution in [0.2, 0.25) is 0 Å². The van der Waals surface area contributed by atoms with Gasteiger partial charge in [-0.25, -0.2) is 9.97 Å². The SMILES string of the molecule is CC(=O)NCc1ccnc([C@H]2CCCN2C(=O)c2cnn(C)c2)n1. The van der Waals surface area contributed by atoms with Crippen LogP contribution >= 0.6 is 0 Å². The molecule has 2 aromatic rings. The second-order valence-corrected chi connectivity index (χ2v) is 5.88. The van der Waals surface area contributed by atoms with Crippen molar-refractivity contribution in [3.8, 4) is 0 Å². The summed E-state index contributed by atoms with van der Waals surface area (Å²) in [6.07, 6.45) is 6.70. The van der Waals surface area contributed by atoms with E-state index in [1.54, 1.807) is 41.3 Å². The fraction of sp³-hybridized carbons (Fsp3) is 0.438. The summed E-state index contributed by atoms with van der Waals surface area (Å²) in [6, 6.07) is 1.62. The Bertz CT molecular complexity index is 757. The van der Waals surface area contributed by atoms with E-state index < -0.39 is 0 Å². The fourth-order valence-electron chi connectivity index (χ4n) is 2.86. The first-order chi connectivity index (χ1) is 11.5. The number of rotatable bonds is 4. The average molecular weight is 328 g/mol. The highest BCUT2D eigenvalue weighted by Crippen LogP contribution is 2.31. The Hall–Kier alpha value is -2.77. The van der Waals surface area contributed by atoms with Gasteiger partial charge in [-0.2, -0.15) is 5.10 Å². The summed E-state index contributed by atoms with van der Waals surface area (Å²) < 4.78 is 1.61. The van der Waals surface area contributed by atoms with Gasteiger partial charge in [-0.05, 0) is 18.9 Å². The normalized spacial score (nSPS) is 17.1. The van der Waals surface area contributed by atoms with E-state index in [9.17, 15) is 9.59 Å². The average Bonchev–Trinajstić information content (AvgIpc) is 3.21. The maximum Gasteiger partial charge on any atom is 0.257 e. The van der Waals surface area contributed by atoms with Gasteiger partial charge in [0.25, 0.3) is 5.91 Å². The number of carbonyl (C=O) groups is 2. The molecule has 0 unspecified atom stereocenters. The van der Waals surface area contributed by atoms with Crippen molar-refractivity contribution in [1.82, 2.24) is 30.0 Å². The van der Waals surface area contributed by atoms with Gasteiger partial charge in [0.15, 0.2) is 5.82 Å². The van der Waals surface area contributed by atoms with Crippen LogP contribution in [0.3, 0.4) is 0 Å². The van der Waals surface area contributed by atoms with Crippen LogP contribution < -0.4 is 5.32 Å². The number of amides is 2. The van der Waals surface area contributed by atoms with Gasteiger partial charge in [-0.1, -0.05) is 0 Å². The first-order valence-electron chi connectivity index (χ1n) is 7.90. The summed E-state index contributed by atoms with van der Waals surface area (Å²) >= 11 is 0. The van der Waals surface area contributed by atoms with Gasteiger partial charge in [-0.15, -0.1) is 0 Å². The van der Waals surface area contributed by atoms with E-state index in [0.29, 0.717) is 24.5 Å². The molecule has 3 rings (SSSR count). The van der Waals surface area contributed by atoms with Gasteiger partial charge in [0.05, 0.1) is 30.0 Å². The molecule has 0 saturated carbocycles. The minimum atomic E-state index is -0.144. The maximum atomic E-state index is 12.7. The topological polar surface area (TPSA) is 93.0 Å². The van der Waals surface area contributed by atoms with E-state index in [1.807, 2.05) is 0 Å². The molecule has 24 heavy (non-hydrogen) atoms. The van der Waals surface area contributed by atoms with Crippen LogP contribution in [0.1, 0.15) is 47.7 Å². The summed E-state index contributed by atoms with van der Waals surface area (Å²) in [5.74, 6) is 0.457. The van der Waals surface area contributed by atoms with E-state index >= 15 is 0 Å². The maximum absolute atomic E-state index is 12.7. The van der Waals surface area contributed by atoms with Gasteiger partial charge in [0.2, 0.25) is 5.91 Å². The van der Waals surface area contributed by atoms with Crippen LogP contribution in [0.4, 0.5) is 0 Å². The Balaban J connectivity index is 1.79. The first-order valence-corrected chi connectivity index (χ1v) is 7.90. The summed E-state index contributed by atoms with van der Waals surface area (Å²) in [6.45, 7) is 2.50. The quantitative estimate of drug-likeness (QED) is 0.897. The lowest BCUT2D eigenvalue weighted by Crippen LogP contribution is -2.31. The Labute approximate surface area is 139 Å². The Kier molecular flexibility index (Phi) is 4.54. The number of hydrogen-bond acceptors (Lipinski definition) is 5. The summed E-state index contributed by atoms with van der Waals surface area (Å²) in [5, 5.41) is 6.78. The second kappa shape index (κ2) is 6.77. The molecular formula is C16H20N6O2. The minimum Gasteiger partial charge on any atom is -0.351 e. The zero-order valence-corrected chi connectivity index (χ0v) is 13.8. The van der Waals surface area contributed by atoms with E-state index in [2.05, 4.69) is 20.4 Å². The number of likely N-dealkylation sites (tertiary alicyclic amines) is 1. The zero-order valence-electron chi connectivity index (χ0n) is 13.8. The molecule has 0 aromatic carbocycles. The largest absolute Gasteiger partial charge is 0.351 e. The van der Waals surface area contributed by atoms with Gasteiger partial charge in [-0.3, -0.25) is 14.3 Å². The van der Waals surface area contributed by atoms with Crippen molar-refractivity contribution in [2.24, 2.45) is 7.05 Å². The standard InChI is InChI=1S/C16H20N6O2/c1-11(23)18-9-13-5-6-17-15(20-13)14-4-3-7-22(14)16(24)12-8-19-21(2)10-12/h5-6,8,10,14H,3-4,7,9H2,1-2H3,(H,18,23)/t14-/m1/s1. The van der Waals surface area contributed by atoms with Crippen LogP contribution in [-0.4, -0.2) is 43.0 Å². The Morgan fingerprint density at radius 2 is 2.25 bits per heavy atom. The molecule has 1 atom stereocenters. The molecular weight excluding hydrogens is 308 g/mol. The Morgan fingerprint density at radius 1 is 1.42 bits per heavy atom. The number of nitrogens with one attached hydrogen (secondary N) is 1. The first kappa shape index (κ1) is 16.1. The second-order valence-electron chi connectivity index (χ2n) is 5.88. The third kappa shape index (κ3) is 3.42. The lowest BCUT2D eigenvalue weighted by Gasteiger charge is -2.23. The highest BCUT2D eigenvalue weighted by Gasteiger charge is 2.33. The van der Waals surface area contributed by atoms with Crippen molar-refractivity contribution >= 4 is 11.8 Å². The van der Waals surface area contributed by atoms with Gasteiger partial charge < -0.3 is 10.2 Å². The third-order valence-electron chi connectivity index (χ3n) is 4.01. The lowest BCUT2D eigenvalue weighted by atomic mass is 10.2. The predicted molar refractivity (Wildman–Crippen MR) is 85.8 cm³/mol. The predicted octanol–water partition coefficient (Wildman–Crippen LogP) is 0.823. The highest BCUT2D eigenvalue weighted by molar-refractivity contribution is 5.94. The van der Waals surface area contributed by atoms with Crippen molar-refractivity contribution in [2.45, 2.75) is 32.4 Å². The van der Waals surface area contributed by atoms with Gasteiger partial charge in [0.1, 0.15) is 0 Å². The van der Waals surface area contributed by atoms with Gasteiger partial charge in [0, 0.05) is 32.9 Å². The van der Waals surface area contributed by atoms with E-state index in [4.69, 9.17) is 0 Å². The molecule has 8 nitrogen and oxygen atoms in total. The van der Waals surface area contributed by atoms with Crippen molar-refractivity contribution in [3.63, 3.8) is 0 Å². The molecule has 3 heterocycles. The molecule has 0 bridgehead atoms. The number of nitrogens with zero attached hydrogens (tertiary/aromatic N) is 5. The molecule has 1 fully saturated rings. The van der Waals surface area contributed by atoms with Crippen LogP contribution in [0.15, 0.2) is 24.7 Å². The Morgan fingerprint density at radius 3 is 2.96 bits per heavy atom. The zero-order chi connectivity index (χ0) is 17.1. The smallest absolute Gasteiger partial charge is 0.257 e. The fourth-order valence-corrected chi connectivity index (χ4v) is 2.86. The summed E-state index contributed by atoms with van der Waals surface area (Å²) in [7, 11) is 1.78. The molecule has 2 aromatic heterocycles. The molecule has 126 valence electrons.